The van der Waals surface area contributed by atoms with Gasteiger partial charge in [0.2, 0.25) is 0 Å². The summed E-state index contributed by atoms with van der Waals surface area (Å²) in [6.45, 7) is 1.94. The molecule has 0 bridgehead atoms. The number of nitrogens with zero attached hydrogens (tertiary/aromatic N) is 2. The minimum Gasteiger partial charge on any atom is -0.480 e. The lowest BCUT2D eigenvalue weighted by Crippen LogP contribution is -2.29. The van der Waals surface area contributed by atoms with Gasteiger partial charge in [0.1, 0.15) is 18.2 Å². The Morgan fingerprint density at radius 2 is 2.50 bits per heavy atom. The van der Waals surface area contributed by atoms with Crippen LogP contribution in [0.2, 0.25) is 0 Å². The standard InChI is InChI=1S/C9H13N3O2/c1-2-3-7(9(13)14)12-8-4-5-10-6-11-8/h4-7H,2-3H2,1H3,(H,13,14)(H,10,11,12). The van der Waals surface area contributed by atoms with Crippen LogP contribution in [-0.4, -0.2) is 27.1 Å². The molecule has 2 N–H and O–H groups in total. The van der Waals surface area contributed by atoms with Gasteiger partial charge in [0, 0.05) is 6.20 Å². The zero-order valence-electron chi connectivity index (χ0n) is 7.97. The lowest BCUT2D eigenvalue weighted by molar-refractivity contribution is -0.138. The Kier molecular flexibility index (Phi) is 3.84. The maximum Gasteiger partial charge on any atom is 0.326 e. The van der Waals surface area contributed by atoms with Crippen LogP contribution in [0.1, 0.15) is 19.8 Å². The number of rotatable bonds is 5. The van der Waals surface area contributed by atoms with E-state index in [1.165, 1.54) is 6.33 Å². The number of carboxylic acids is 1. The van der Waals surface area contributed by atoms with Gasteiger partial charge in [0.05, 0.1) is 0 Å². The molecule has 0 spiro atoms. The van der Waals surface area contributed by atoms with Gasteiger partial charge in [0.15, 0.2) is 0 Å². The van der Waals surface area contributed by atoms with Gasteiger partial charge in [-0.1, -0.05) is 13.3 Å². The second kappa shape index (κ2) is 5.16. The Morgan fingerprint density at radius 3 is 3.00 bits per heavy atom. The summed E-state index contributed by atoms with van der Waals surface area (Å²) in [5.41, 5.74) is 0. The van der Waals surface area contributed by atoms with Crippen molar-refractivity contribution in [2.24, 2.45) is 0 Å². The zero-order valence-corrected chi connectivity index (χ0v) is 7.97. The van der Waals surface area contributed by atoms with E-state index in [1.54, 1.807) is 12.3 Å². The van der Waals surface area contributed by atoms with Crippen molar-refractivity contribution in [2.75, 3.05) is 5.32 Å². The van der Waals surface area contributed by atoms with E-state index < -0.39 is 12.0 Å². The topological polar surface area (TPSA) is 75.1 Å². The number of hydrogen-bond donors (Lipinski definition) is 2. The van der Waals surface area contributed by atoms with Crippen molar-refractivity contribution in [1.82, 2.24) is 9.97 Å². The van der Waals surface area contributed by atoms with Gasteiger partial charge in [-0.25, -0.2) is 14.8 Å². The summed E-state index contributed by atoms with van der Waals surface area (Å²) in [6.07, 6.45) is 4.35. The molecule has 0 saturated heterocycles. The molecule has 0 radical (unpaired) electrons. The van der Waals surface area contributed by atoms with Crippen LogP contribution >= 0.6 is 0 Å². The van der Waals surface area contributed by atoms with Gasteiger partial charge in [-0.2, -0.15) is 0 Å². The quantitative estimate of drug-likeness (QED) is 0.736. The normalized spacial score (nSPS) is 12.1. The summed E-state index contributed by atoms with van der Waals surface area (Å²) in [4.78, 5) is 18.4. The van der Waals surface area contributed by atoms with Gasteiger partial charge in [-0.3, -0.25) is 0 Å². The van der Waals surface area contributed by atoms with Gasteiger partial charge >= 0.3 is 5.97 Å². The highest BCUT2D eigenvalue weighted by atomic mass is 16.4. The molecule has 0 fully saturated rings. The summed E-state index contributed by atoms with van der Waals surface area (Å²) in [5.74, 6) is -0.314. The molecule has 76 valence electrons. The third kappa shape index (κ3) is 3.01. The Hall–Kier alpha value is -1.65. The van der Waals surface area contributed by atoms with Crippen molar-refractivity contribution >= 4 is 11.8 Å². The van der Waals surface area contributed by atoms with E-state index in [9.17, 15) is 4.79 Å². The van der Waals surface area contributed by atoms with Crippen molar-refractivity contribution in [3.05, 3.63) is 18.6 Å². The fraction of sp³-hybridized carbons (Fsp3) is 0.444. The SMILES string of the molecule is CCCC(Nc1ccncn1)C(=O)O. The number of carboxylic acid groups (broad SMARTS) is 1. The molecule has 1 aromatic rings. The molecule has 0 saturated carbocycles. The first kappa shape index (κ1) is 10.4. The fourth-order valence-corrected chi connectivity index (χ4v) is 1.10. The summed E-state index contributed by atoms with van der Waals surface area (Å²) < 4.78 is 0. The lowest BCUT2D eigenvalue weighted by Gasteiger charge is -2.13. The van der Waals surface area contributed by atoms with Crippen molar-refractivity contribution in [2.45, 2.75) is 25.8 Å². The second-order valence-corrected chi connectivity index (χ2v) is 2.92. The number of anilines is 1. The summed E-state index contributed by atoms with van der Waals surface area (Å²) in [6, 6.07) is 1.07. The van der Waals surface area contributed by atoms with Gasteiger partial charge in [-0.15, -0.1) is 0 Å². The zero-order chi connectivity index (χ0) is 10.4. The maximum absolute atomic E-state index is 10.8. The minimum absolute atomic E-state index is 0.542. The van der Waals surface area contributed by atoms with Crippen molar-refractivity contribution in [3.8, 4) is 0 Å². The smallest absolute Gasteiger partial charge is 0.326 e. The first-order valence-electron chi connectivity index (χ1n) is 4.49. The van der Waals surface area contributed by atoms with Gasteiger partial charge in [-0.05, 0) is 12.5 Å². The summed E-state index contributed by atoms with van der Waals surface area (Å²) >= 11 is 0. The monoisotopic (exact) mass is 195 g/mol. The molecule has 1 rings (SSSR count). The molecule has 1 aromatic heterocycles. The second-order valence-electron chi connectivity index (χ2n) is 2.92. The lowest BCUT2D eigenvalue weighted by atomic mass is 10.2. The predicted octanol–water partition coefficient (Wildman–Crippen LogP) is 1.14. The van der Waals surface area contributed by atoms with Crippen LogP contribution in [0.15, 0.2) is 18.6 Å². The Bertz CT molecular complexity index is 289. The first-order valence-corrected chi connectivity index (χ1v) is 4.49. The molecule has 5 nitrogen and oxygen atoms in total. The van der Waals surface area contributed by atoms with Gasteiger partial charge < -0.3 is 10.4 Å². The summed E-state index contributed by atoms with van der Waals surface area (Å²) in [5, 5.41) is 11.7. The average molecular weight is 195 g/mol. The van der Waals surface area contributed by atoms with E-state index >= 15 is 0 Å². The molecule has 0 aliphatic rings. The molecular formula is C9H13N3O2. The van der Waals surface area contributed by atoms with Crippen LogP contribution in [0.5, 0.6) is 0 Å². The molecular weight excluding hydrogens is 182 g/mol. The molecule has 5 heteroatoms. The van der Waals surface area contributed by atoms with E-state index in [2.05, 4.69) is 15.3 Å². The van der Waals surface area contributed by atoms with Crippen LogP contribution in [0.3, 0.4) is 0 Å². The van der Waals surface area contributed by atoms with Crippen LogP contribution < -0.4 is 5.32 Å². The fourth-order valence-electron chi connectivity index (χ4n) is 1.10. The highest BCUT2D eigenvalue weighted by Crippen LogP contribution is 2.06. The predicted molar refractivity (Wildman–Crippen MR) is 52.0 cm³/mol. The maximum atomic E-state index is 10.8. The van der Waals surface area contributed by atoms with Crippen LogP contribution in [0, 0.1) is 0 Å². The largest absolute Gasteiger partial charge is 0.480 e. The number of nitrogens with one attached hydrogen (secondary N) is 1. The van der Waals surface area contributed by atoms with Crippen LogP contribution in [-0.2, 0) is 4.79 Å². The van der Waals surface area contributed by atoms with Crippen molar-refractivity contribution in [3.63, 3.8) is 0 Å². The summed E-state index contributed by atoms with van der Waals surface area (Å²) in [7, 11) is 0. The number of carbonyl (C=O) groups is 1. The number of hydrogen-bond acceptors (Lipinski definition) is 4. The van der Waals surface area contributed by atoms with E-state index in [4.69, 9.17) is 5.11 Å². The first-order chi connectivity index (χ1) is 6.74. The van der Waals surface area contributed by atoms with Crippen molar-refractivity contribution in [1.29, 1.82) is 0 Å². The molecule has 1 atom stereocenters. The Labute approximate surface area is 82.2 Å². The molecule has 0 amide bonds. The molecule has 0 aromatic carbocycles. The average Bonchev–Trinajstić information content (AvgIpc) is 2.18. The van der Waals surface area contributed by atoms with Crippen molar-refractivity contribution < 1.29 is 9.90 Å². The highest BCUT2D eigenvalue weighted by molar-refractivity contribution is 5.76. The van der Waals surface area contributed by atoms with Crippen LogP contribution in [0.4, 0.5) is 5.82 Å². The molecule has 14 heavy (non-hydrogen) atoms. The number of aromatic nitrogens is 2. The molecule has 0 aliphatic heterocycles. The van der Waals surface area contributed by atoms with E-state index in [-0.39, 0.29) is 0 Å². The molecule has 1 unspecified atom stereocenters. The Morgan fingerprint density at radius 1 is 1.71 bits per heavy atom. The van der Waals surface area contributed by atoms with E-state index in [0.29, 0.717) is 12.2 Å². The number of aliphatic carboxylic acids is 1. The molecule has 1 heterocycles. The third-order valence-corrected chi connectivity index (χ3v) is 1.78. The van der Waals surface area contributed by atoms with E-state index in [1.807, 2.05) is 6.92 Å². The molecule has 0 aliphatic carbocycles. The minimum atomic E-state index is -0.856. The van der Waals surface area contributed by atoms with E-state index in [0.717, 1.165) is 6.42 Å². The third-order valence-electron chi connectivity index (χ3n) is 1.78. The highest BCUT2D eigenvalue weighted by Gasteiger charge is 2.15. The van der Waals surface area contributed by atoms with Crippen LogP contribution in [0.25, 0.3) is 0 Å². The van der Waals surface area contributed by atoms with Gasteiger partial charge in [0.25, 0.3) is 0 Å². The Balaban J connectivity index is 2.60.